The molecular formula is C24H33NO6. The average molecular weight is 432 g/mol. The Morgan fingerprint density at radius 3 is 1.65 bits per heavy atom. The molecule has 0 aliphatic heterocycles. The Kier molecular flexibility index (Phi) is 7.57. The van der Waals surface area contributed by atoms with Crippen molar-refractivity contribution in [3.8, 4) is 11.5 Å². The maximum absolute atomic E-state index is 11.7. The third-order valence-corrected chi connectivity index (χ3v) is 3.75. The van der Waals surface area contributed by atoms with Gasteiger partial charge in [0, 0.05) is 25.4 Å². The van der Waals surface area contributed by atoms with Crippen LogP contribution in [0.5, 0.6) is 11.5 Å². The normalized spacial score (nSPS) is 13.8. The summed E-state index contributed by atoms with van der Waals surface area (Å²) in [6.45, 7) is 12.9. The lowest BCUT2D eigenvalue weighted by atomic mass is 10.2. The highest BCUT2D eigenvalue weighted by molar-refractivity contribution is 5.66. The first-order valence-corrected chi connectivity index (χ1v) is 10.1. The Hall–Kier alpha value is -2.77. The summed E-state index contributed by atoms with van der Waals surface area (Å²) in [7, 11) is 1.54. The van der Waals surface area contributed by atoms with Crippen molar-refractivity contribution in [2.75, 3.05) is 12.4 Å². The summed E-state index contributed by atoms with van der Waals surface area (Å²) in [6, 6.07) is 14.4. The molecule has 1 N–H and O–H groups in total. The molecule has 2 aromatic carbocycles. The van der Waals surface area contributed by atoms with E-state index in [1.807, 2.05) is 57.2 Å². The monoisotopic (exact) mass is 431 g/mol. The van der Waals surface area contributed by atoms with Gasteiger partial charge in [-0.2, -0.15) is 0 Å². The second-order valence-corrected chi connectivity index (χ2v) is 9.12. The summed E-state index contributed by atoms with van der Waals surface area (Å²) in [4.78, 5) is 11.7. The van der Waals surface area contributed by atoms with E-state index in [0.717, 1.165) is 11.4 Å². The number of carbonyl (C=O) groups excluding carboxylic acids is 1. The highest BCUT2D eigenvalue weighted by Gasteiger charge is 2.33. The summed E-state index contributed by atoms with van der Waals surface area (Å²) in [5.41, 5.74) is 0.673. The van der Waals surface area contributed by atoms with Crippen LogP contribution in [-0.4, -0.2) is 30.4 Å². The van der Waals surface area contributed by atoms with Crippen molar-refractivity contribution in [3.63, 3.8) is 0 Å². The minimum absolute atomic E-state index is 0.404. The first-order valence-electron chi connectivity index (χ1n) is 10.1. The van der Waals surface area contributed by atoms with Gasteiger partial charge in [-0.15, -0.1) is 0 Å². The Morgan fingerprint density at radius 1 is 0.742 bits per heavy atom. The van der Waals surface area contributed by atoms with Crippen LogP contribution in [0.15, 0.2) is 48.5 Å². The maximum Gasteiger partial charge on any atom is 0.514 e. The molecule has 2 aromatic rings. The van der Waals surface area contributed by atoms with Crippen LogP contribution >= 0.6 is 0 Å². The van der Waals surface area contributed by atoms with E-state index < -0.39 is 23.3 Å². The molecule has 0 spiro atoms. The van der Waals surface area contributed by atoms with E-state index in [9.17, 15) is 4.79 Å². The van der Waals surface area contributed by atoms with Gasteiger partial charge in [-0.25, -0.2) is 4.79 Å². The zero-order valence-corrected chi connectivity index (χ0v) is 19.6. The van der Waals surface area contributed by atoms with Crippen molar-refractivity contribution < 1.29 is 28.5 Å². The van der Waals surface area contributed by atoms with Crippen LogP contribution in [0.1, 0.15) is 48.5 Å². The molecule has 0 saturated carbocycles. The van der Waals surface area contributed by atoms with E-state index in [-0.39, 0.29) is 0 Å². The number of nitrogens with one attached hydrogen (secondary N) is 1. The fourth-order valence-electron chi connectivity index (χ4n) is 2.62. The predicted molar refractivity (Wildman–Crippen MR) is 120 cm³/mol. The topological polar surface area (TPSA) is 75.2 Å². The lowest BCUT2D eigenvalue weighted by Crippen LogP contribution is -2.44. The van der Waals surface area contributed by atoms with Crippen LogP contribution in [0.3, 0.4) is 0 Å². The standard InChI is InChI=1S/C24H33NO6/c1-22(2,3)30-21(26)28-19-13-9-17(10-14-19)25-18-11-15-20(16-12-18)29-24(7,27-8)31-23(4,5)6/h9-16,25H,1-8H3. The molecule has 1 atom stereocenters. The molecule has 0 aromatic heterocycles. The predicted octanol–water partition coefficient (Wildman–Crippen LogP) is 6.26. The summed E-state index contributed by atoms with van der Waals surface area (Å²) >= 11 is 0. The van der Waals surface area contributed by atoms with E-state index in [2.05, 4.69) is 5.32 Å². The maximum atomic E-state index is 11.7. The summed E-state index contributed by atoms with van der Waals surface area (Å²) in [6.07, 6.45) is -0.734. The number of hydrogen-bond donors (Lipinski definition) is 1. The minimum atomic E-state index is -1.20. The number of hydrogen-bond acceptors (Lipinski definition) is 7. The first kappa shape index (κ1) is 24.5. The average Bonchev–Trinajstić information content (AvgIpc) is 2.62. The highest BCUT2D eigenvalue weighted by Crippen LogP contribution is 2.27. The Balaban J connectivity index is 1.96. The van der Waals surface area contributed by atoms with E-state index >= 15 is 0 Å². The SMILES string of the molecule is COC(C)(Oc1ccc(Nc2ccc(OC(=O)OC(C)(C)C)cc2)cc1)OC(C)(C)C. The van der Waals surface area contributed by atoms with E-state index in [1.54, 1.807) is 39.8 Å². The molecule has 0 aliphatic carbocycles. The van der Waals surface area contributed by atoms with Gasteiger partial charge < -0.3 is 29.0 Å². The lowest BCUT2D eigenvalue weighted by molar-refractivity contribution is -0.352. The molecule has 31 heavy (non-hydrogen) atoms. The summed E-state index contributed by atoms with van der Waals surface area (Å²) in [5.74, 6) is -0.182. The van der Waals surface area contributed by atoms with Crippen molar-refractivity contribution in [1.82, 2.24) is 0 Å². The first-order chi connectivity index (χ1) is 14.3. The third-order valence-electron chi connectivity index (χ3n) is 3.75. The molecule has 0 amide bonds. The van der Waals surface area contributed by atoms with Gasteiger partial charge in [0.1, 0.15) is 17.1 Å². The van der Waals surface area contributed by atoms with Crippen molar-refractivity contribution >= 4 is 17.5 Å². The molecule has 0 saturated heterocycles. The van der Waals surface area contributed by atoms with Gasteiger partial charge in [-0.05, 0) is 90.1 Å². The van der Waals surface area contributed by atoms with Crippen LogP contribution in [0, 0.1) is 0 Å². The van der Waals surface area contributed by atoms with E-state index in [1.165, 1.54) is 7.11 Å². The number of anilines is 2. The second kappa shape index (κ2) is 9.58. The summed E-state index contributed by atoms with van der Waals surface area (Å²) in [5, 5.41) is 3.28. The Labute approximate surface area is 184 Å². The van der Waals surface area contributed by atoms with Crippen molar-refractivity contribution in [2.24, 2.45) is 0 Å². The largest absolute Gasteiger partial charge is 0.514 e. The second-order valence-electron chi connectivity index (χ2n) is 9.12. The number of rotatable bonds is 7. The number of carbonyl (C=O) groups is 1. The van der Waals surface area contributed by atoms with Gasteiger partial charge in [0.05, 0.1) is 5.60 Å². The van der Waals surface area contributed by atoms with Gasteiger partial charge in [-0.3, -0.25) is 0 Å². The van der Waals surface area contributed by atoms with Gasteiger partial charge in [0.25, 0.3) is 0 Å². The van der Waals surface area contributed by atoms with Crippen LogP contribution in [0.2, 0.25) is 0 Å². The van der Waals surface area contributed by atoms with Crippen molar-refractivity contribution in [1.29, 1.82) is 0 Å². The lowest BCUT2D eigenvalue weighted by Gasteiger charge is -2.34. The van der Waals surface area contributed by atoms with Crippen LogP contribution in [0.25, 0.3) is 0 Å². The molecule has 170 valence electrons. The van der Waals surface area contributed by atoms with Gasteiger partial charge in [0.15, 0.2) is 0 Å². The number of benzene rings is 2. The highest BCUT2D eigenvalue weighted by atomic mass is 16.9. The zero-order valence-electron chi connectivity index (χ0n) is 19.6. The van der Waals surface area contributed by atoms with Crippen molar-refractivity contribution in [3.05, 3.63) is 48.5 Å². The van der Waals surface area contributed by atoms with Crippen molar-refractivity contribution in [2.45, 2.75) is 65.6 Å². The molecule has 7 heteroatoms. The Morgan fingerprint density at radius 2 is 1.23 bits per heavy atom. The fourth-order valence-corrected chi connectivity index (χ4v) is 2.62. The smallest absolute Gasteiger partial charge is 0.439 e. The van der Waals surface area contributed by atoms with Gasteiger partial charge >= 0.3 is 12.1 Å². The van der Waals surface area contributed by atoms with Crippen LogP contribution in [-0.2, 0) is 14.2 Å². The molecule has 0 heterocycles. The zero-order chi connectivity index (χ0) is 23.3. The van der Waals surface area contributed by atoms with E-state index in [4.69, 9.17) is 23.7 Å². The van der Waals surface area contributed by atoms with Gasteiger partial charge in [0.2, 0.25) is 0 Å². The van der Waals surface area contributed by atoms with Gasteiger partial charge in [-0.1, -0.05) is 0 Å². The minimum Gasteiger partial charge on any atom is -0.439 e. The van der Waals surface area contributed by atoms with Crippen LogP contribution in [0.4, 0.5) is 16.2 Å². The third kappa shape index (κ3) is 8.86. The molecular weight excluding hydrogens is 398 g/mol. The summed E-state index contributed by atoms with van der Waals surface area (Å²) < 4.78 is 27.5. The quantitative estimate of drug-likeness (QED) is 0.315. The fraction of sp³-hybridized carbons (Fsp3) is 0.458. The molecule has 1 unspecified atom stereocenters. The molecule has 0 aliphatic rings. The molecule has 2 rings (SSSR count). The number of ether oxygens (including phenoxy) is 5. The van der Waals surface area contributed by atoms with Crippen LogP contribution < -0.4 is 14.8 Å². The molecule has 0 fully saturated rings. The molecule has 0 radical (unpaired) electrons. The number of methoxy groups -OCH3 is 1. The van der Waals surface area contributed by atoms with E-state index in [0.29, 0.717) is 11.5 Å². The molecule has 0 bridgehead atoms. The molecule has 7 nitrogen and oxygen atoms in total. The Bertz CT molecular complexity index is 850.